The maximum Gasteiger partial charge on any atom is 0.0966 e. The second-order valence-corrected chi connectivity index (χ2v) is 5.38. The number of benzene rings is 1. The molecule has 18 heavy (non-hydrogen) atoms. The number of aryl methyl sites for hydroxylation is 1. The molecule has 1 aromatic heterocycles. The van der Waals surface area contributed by atoms with E-state index in [9.17, 15) is 0 Å². The minimum atomic E-state index is 0.0469. The molecule has 0 bridgehead atoms. The van der Waals surface area contributed by atoms with Crippen molar-refractivity contribution in [2.24, 2.45) is 5.73 Å². The maximum absolute atomic E-state index is 5.88. The minimum absolute atomic E-state index is 0.0469. The number of rotatable bonds is 4. The van der Waals surface area contributed by atoms with Gasteiger partial charge in [0.05, 0.1) is 5.03 Å². The quantitative estimate of drug-likeness (QED) is 0.850. The molecule has 0 unspecified atom stereocenters. The Kier molecular flexibility index (Phi) is 4.39. The third-order valence-electron chi connectivity index (χ3n) is 2.82. The second kappa shape index (κ2) is 6.03. The highest BCUT2D eigenvalue weighted by Crippen LogP contribution is 2.23. The molecule has 2 nitrogen and oxygen atoms in total. The molecule has 0 saturated carbocycles. The Morgan fingerprint density at radius 1 is 1.17 bits per heavy atom. The summed E-state index contributed by atoms with van der Waals surface area (Å²) in [5.74, 6) is 0.949. The van der Waals surface area contributed by atoms with Gasteiger partial charge in [0.15, 0.2) is 0 Å². The van der Waals surface area contributed by atoms with Crippen LogP contribution in [0.4, 0.5) is 0 Å². The molecule has 3 heteroatoms. The summed E-state index contributed by atoms with van der Waals surface area (Å²) in [6.45, 7) is 4.01. The van der Waals surface area contributed by atoms with Crippen LogP contribution in [0.5, 0.6) is 0 Å². The zero-order chi connectivity index (χ0) is 13.0. The summed E-state index contributed by atoms with van der Waals surface area (Å²) in [7, 11) is 0. The number of pyridine rings is 1. The van der Waals surface area contributed by atoms with E-state index in [1.54, 1.807) is 11.8 Å². The highest BCUT2D eigenvalue weighted by atomic mass is 32.2. The molecule has 1 atom stereocenters. The van der Waals surface area contributed by atoms with E-state index in [1.165, 1.54) is 5.56 Å². The van der Waals surface area contributed by atoms with Gasteiger partial charge in [0.1, 0.15) is 0 Å². The first-order valence-corrected chi connectivity index (χ1v) is 7.05. The average molecular weight is 258 g/mol. The molecule has 2 N–H and O–H groups in total. The van der Waals surface area contributed by atoms with E-state index in [4.69, 9.17) is 5.73 Å². The molecule has 94 valence electrons. The van der Waals surface area contributed by atoms with Crippen molar-refractivity contribution in [2.75, 3.05) is 0 Å². The summed E-state index contributed by atoms with van der Waals surface area (Å²) in [5.41, 5.74) is 9.36. The Hall–Kier alpha value is -1.32. The summed E-state index contributed by atoms with van der Waals surface area (Å²) < 4.78 is 0. The Bertz CT molecular complexity index is 509. The van der Waals surface area contributed by atoms with Gasteiger partial charge in [-0.15, -0.1) is 11.8 Å². The molecule has 0 saturated heterocycles. The number of nitrogens with two attached hydrogens (primary N) is 1. The molecular formula is C15H18N2S. The lowest BCUT2D eigenvalue weighted by molar-refractivity contribution is 0.792. The van der Waals surface area contributed by atoms with E-state index in [0.29, 0.717) is 0 Å². The van der Waals surface area contributed by atoms with Crippen molar-refractivity contribution in [3.8, 4) is 0 Å². The lowest BCUT2D eigenvalue weighted by atomic mass is 10.1. The molecule has 2 aromatic rings. The summed E-state index contributed by atoms with van der Waals surface area (Å²) in [6, 6.07) is 14.6. The number of aromatic nitrogens is 1. The zero-order valence-corrected chi connectivity index (χ0v) is 11.6. The largest absolute Gasteiger partial charge is 0.324 e. The van der Waals surface area contributed by atoms with Gasteiger partial charge in [-0.25, -0.2) is 4.98 Å². The zero-order valence-electron chi connectivity index (χ0n) is 10.8. The van der Waals surface area contributed by atoms with Crippen LogP contribution in [0.3, 0.4) is 0 Å². The van der Waals surface area contributed by atoms with Gasteiger partial charge in [-0.3, -0.25) is 0 Å². The SMILES string of the molecule is Cc1nc(SCc2ccccc2)ccc1[C@@H](C)N. The van der Waals surface area contributed by atoms with Gasteiger partial charge in [-0.05, 0) is 31.0 Å². The van der Waals surface area contributed by atoms with Crippen LogP contribution in [0.1, 0.15) is 29.8 Å². The van der Waals surface area contributed by atoms with Gasteiger partial charge in [-0.1, -0.05) is 36.4 Å². The van der Waals surface area contributed by atoms with E-state index < -0.39 is 0 Å². The van der Waals surface area contributed by atoms with Gasteiger partial charge in [0.2, 0.25) is 0 Å². The third kappa shape index (κ3) is 3.34. The van der Waals surface area contributed by atoms with Crippen molar-refractivity contribution in [3.05, 3.63) is 59.3 Å². The summed E-state index contributed by atoms with van der Waals surface area (Å²) in [4.78, 5) is 4.59. The number of thioether (sulfide) groups is 1. The lowest BCUT2D eigenvalue weighted by Crippen LogP contribution is -2.08. The average Bonchev–Trinajstić information content (AvgIpc) is 2.37. The molecule has 2 rings (SSSR count). The fourth-order valence-corrected chi connectivity index (χ4v) is 2.71. The topological polar surface area (TPSA) is 38.9 Å². The van der Waals surface area contributed by atoms with Gasteiger partial charge >= 0.3 is 0 Å². The van der Waals surface area contributed by atoms with Crippen LogP contribution in [-0.2, 0) is 5.75 Å². The smallest absolute Gasteiger partial charge is 0.0966 e. The molecule has 1 heterocycles. The predicted octanol–water partition coefficient (Wildman–Crippen LogP) is 3.70. The van der Waals surface area contributed by atoms with E-state index in [0.717, 1.165) is 22.0 Å². The second-order valence-electron chi connectivity index (χ2n) is 4.39. The van der Waals surface area contributed by atoms with Gasteiger partial charge < -0.3 is 5.73 Å². The number of hydrogen-bond donors (Lipinski definition) is 1. The van der Waals surface area contributed by atoms with Crippen LogP contribution in [0, 0.1) is 6.92 Å². The van der Waals surface area contributed by atoms with Crippen molar-refractivity contribution in [2.45, 2.75) is 30.7 Å². The molecule has 0 aliphatic carbocycles. The number of hydrogen-bond acceptors (Lipinski definition) is 3. The van der Waals surface area contributed by atoms with Crippen LogP contribution in [0.2, 0.25) is 0 Å². The van der Waals surface area contributed by atoms with E-state index >= 15 is 0 Å². The minimum Gasteiger partial charge on any atom is -0.324 e. The van der Waals surface area contributed by atoms with Crippen molar-refractivity contribution in [1.82, 2.24) is 4.98 Å². The molecule has 0 aliphatic rings. The summed E-state index contributed by atoms with van der Waals surface area (Å²) in [6.07, 6.45) is 0. The molecule has 1 aromatic carbocycles. The van der Waals surface area contributed by atoms with E-state index in [2.05, 4.69) is 41.4 Å². The molecule has 0 spiro atoms. The van der Waals surface area contributed by atoms with Crippen LogP contribution in [0.15, 0.2) is 47.5 Å². The Morgan fingerprint density at radius 2 is 1.89 bits per heavy atom. The van der Waals surface area contributed by atoms with Crippen molar-refractivity contribution < 1.29 is 0 Å². The Balaban J connectivity index is 2.05. The van der Waals surface area contributed by atoms with Gasteiger partial charge in [0, 0.05) is 17.5 Å². The van der Waals surface area contributed by atoms with Crippen LogP contribution < -0.4 is 5.73 Å². The monoisotopic (exact) mass is 258 g/mol. The summed E-state index contributed by atoms with van der Waals surface area (Å²) >= 11 is 1.76. The predicted molar refractivity (Wildman–Crippen MR) is 77.6 cm³/mol. The van der Waals surface area contributed by atoms with Crippen molar-refractivity contribution >= 4 is 11.8 Å². The Morgan fingerprint density at radius 3 is 2.50 bits per heavy atom. The molecule has 0 radical (unpaired) electrons. The first-order chi connectivity index (χ1) is 8.66. The van der Waals surface area contributed by atoms with Crippen LogP contribution in [0.25, 0.3) is 0 Å². The van der Waals surface area contributed by atoms with E-state index in [-0.39, 0.29) is 6.04 Å². The first kappa shape index (κ1) is 13.1. The highest BCUT2D eigenvalue weighted by Gasteiger charge is 2.06. The molecule has 0 fully saturated rings. The first-order valence-electron chi connectivity index (χ1n) is 6.06. The summed E-state index contributed by atoms with van der Waals surface area (Å²) in [5, 5.41) is 1.06. The van der Waals surface area contributed by atoms with Gasteiger partial charge in [-0.2, -0.15) is 0 Å². The molecular weight excluding hydrogens is 240 g/mol. The van der Waals surface area contributed by atoms with Crippen molar-refractivity contribution in [1.29, 1.82) is 0 Å². The maximum atomic E-state index is 5.88. The van der Waals surface area contributed by atoms with Crippen molar-refractivity contribution in [3.63, 3.8) is 0 Å². The van der Waals surface area contributed by atoms with E-state index in [1.807, 2.05) is 19.9 Å². The fourth-order valence-electron chi connectivity index (χ4n) is 1.84. The third-order valence-corrected chi connectivity index (χ3v) is 3.82. The standard InChI is InChI=1S/C15H18N2S/c1-11(16)14-8-9-15(17-12(14)2)18-10-13-6-4-3-5-7-13/h3-9,11H,10,16H2,1-2H3/t11-/m1/s1. The molecule has 0 amide bonds. The van der Waals surface area contributed by atoms with Crippen LogP contribution in [-0.4, -0.2) is 4.98 Å². The fraction of sp³-hybridized carbons (Fsp3) is 0.267. The highest BCUT2D eigenvalue weighted by molar-refractivity contribution is 7.98. The normalized spacial score (nSPS) is 12.4. The number of nitrogens with zero attached hydrogens (tertiary/aromatic N) is 1. The van der Waals surface area contributed by atoms with Crippen LogP contribution >= 0.6 is 11.8 Å². The lowest BCUT2D eigenvalue weighted by Gasteiger charge is -2.10. The molecule has 0 aliphatic heterocycles. The van der Waals surface area contributed by atoms with Gasteiger partial charge in [0.25, 0.3) is 0 Å². The Labute approximate surface area is 113 Å².